The Bertz CT molecular complexity index is 726. The lowest BCUT2D eigenvalue weighted by Gasteiger charge is -2.12. The summed E-state index contributed by atoms with van der Waals surface area (Å²) in [7, 11) is 0. The van der Waals surface area contributed by atoms with E-state index < -0.39 is 0 Å². The molecule has 0 aliphatic carbocycles. The lowest BCUT2D eigenvalue weighted by Crippen LogP contribution is -2.30. The molecular formula is C18H17BrN2OS. The molecule has 1 aliphatic rings. The van der Waals surface area contributed by atoms with Crippen molar-refractivity contribution in [2.45, 2.75) is 18.8 Å². The highest BCUT2D eigenvalue weighted by atomic mass is 79.9. The van der Waals surface area contributed by atoms with Gasteiger partial charge in [-0.05, 0) is 47.9 Å². The number of aryl methyl sites for hydroxylation is 1. The van der Waals surface area contributed by atoms with E-state index in [1.54, 1.807) is 0 Å². The van der Waals surface area contributed by atoms with Crippen molar-refractivity contribution in [3.8, 4) is 0 Å². The van der Waals surface area contributed by atoms with E-state index in [-0.39, 0.29) is 11.4 Å². The highest BCUT2D eigenvalue weighted by Crippen LogP contribution is 2.30. The number of carbonyl (C=O) groups is 1. The number of carbonyl (C=O) groups excluding carboxylic acids is 1. The van der Waals surface area contributed by atoms with Crippen molar-refractivity contribution >= 4 is 45.4 Å². The van der Waals surface area contributed by atoms with E-state index in [0.717, 1.165) is 27.0 Å². The molecule has 0 saturated carbocycles. The Morgan fingerprint density at radius 3 is 2.52 bits per heavy atom. The average Bonchev–Trinajstić information content (AvgIpc) is 2.90. The summed E-state index contributed by atoms with van der Waals surface area (Å²) in [6, 6.07) is 16.2. The number of thioether (sulfide) groups is 1. The molecule has 1 heterocycles. The molecule has 3 rings (SSSR count). The third-order valence-electron chi connectivity index (χ3n) is 3.56. The van der Waals surface area contributed by atoms with Gasteiger partial charge in [0.1, 0.15) is 0 Å². The van der Waals surface area contributed by atoms with Crippen LogP contribution in [0.25, 0.3) is 6.08 Å². The molecule has 0 spiro atoms. The van der Waals surface area contributed by atoms with E-state index in [0.29, 0.717) is 0 Å². The monoisotopic (exact) mass is 388 g/mol. The molecular weight excluding hydrogens is 372 g/mol. The minimum absolute atomic E-state index is 0.0411. The fourth-order valence-corrected chi connectivity index (χ4v) is 3.51. The van der Waals surface area contributed by atoms with E-state index in [1.807, 2.05) is 42.5 Å². The molecule has 2 aromatic rings. The Labute approximate surface area is 148 Å². The SMILES string of the molecule is CCc1ccc(N[C@H]2NC(=O)/C(=C/c3ccc(Br)cc3)S2)cc1. The molecule has 0 aromatic heterocycles. The van der Waals surface area contributed by atoms with Gasteiger partial charge < -0.3 is 10.6 Å². The van der Waals surface area contributed by atoms with Gasteiger partial charge in [0.25, 0.3) is 5.91 Å². The Morgan fingerprint density at radius 1 is 1.17 bits per heavy atom. The van der Waals surface area contributed by atoms with E-state index in [2.05, 4.69) is 45.6 Å². The van der Waals surface area contributed by atoms with Crippen molar-refractivity contribution < 1.29 is 4.79 Å². The van der Waals surface area contributed by atoms with Gasteiger partial charge in [-0.2, -0.15) is 0 Å². The first-order valence-electron chi connectivity index (χ1n) is 7.44. The molecule has 118 valence electrons. The summed E-state index contributed by atoms with van der Waals surface area (Å²) in [5.74, 6) is -0.0411. The van der Waals surface area contributed by atoms with Crippen molar-refractivity contribution in [2.24, 2.45) is 0 Å². The van der Waals surface area contributed by atoms with Crippen molar-refractivity contribution in [1.29, 1.82) is 0 Å². The third-order valence-corrected chi connectivity index (χ3v) is 5.12. The minimum atomic E-state index is -0.142. The lowest BCUT2D eigenvalue weighted by atomic mass is 10.1. The van der Waals surface area contributed by atoms with Gasteiger partial charge in [0, 0.05) is 10.2 Å². The lowest BCUT2D eigenvalue weighted by molar-refractivity contribution is -0.116. The highest BCUT2D eigenvalue weighted by molar-refractivity contribution is 9.10. The molecule has 1 saturated heterocycles. The van der Waals surface area contributed by atoms with Gasteiger partial charge >= 0.3 is 0 Å². The first-order chi connectivity index (χ1) is 11.1. The van der Waals surface area contributed by atoms with Crippen LogP contribution in [0, 0.1) is 0 Å². The van der Waals surface area contributed by atoms with Gasteiger partial charge in [-0.1, -0.05) is 58.9 Å². The van der Waals surface area contributed by atoms with Gasteiger partial charge in [-0.3, -0.25) is 4.79 Å². The second kappa shape index (κ2) is 7.23. The standard InChI is InChI=1S/C18H17BrN2OS/c1-2-12-5-9-15(10-6-12)20-18-21-17(22)16(23-18)11-13-3-7-14(19)8-4-13/h3-11,18,20H,2H2,1H3,(H,21,22)/b16-11-/t18-/m0/s1. The molecule has 0 unspecified atom stereocenters. The van der Waals surface area contributed by atoms with Crippen LogP contribution in [-0.2, 0) is 11.2 Å². The Kier molecular flexibility index (Phi) is 5.08. The highest BCUT2D eigenvalue weighted by Gasteiger charge is 2.26. The predicted octanol–water partition coefficient (Wildman–Crippen LogP) is 4.61. The number of amides is 1. The summed E-state index contributed by atoms with van der Waals surface area (Å²) in [5.41, 5.74) is 3.18. The number of nitrogens with one attached hydrogen (secondary N) is 2. The summed E-state index contributed by atoms with van der Waals surface area (Å²) in [6.07, 6.45) is 2.93. The van der Waals surface area contributed by atoms with Crippen LogP contribution in [0.1, 0.15) is 18.1 Å². The van der Waals surface area contributed by atoms with E-state index in [9.17, 15) is 4.79 Å². The number of rotatable bonds is 4. The van der Waals surface area contributed by atoms with Crippen LogP contribution in [0.15, 0.2) is 57.9 Å². The van der Waals surface area contributed by atoms with E-state index in [1.165, 1.54) is 17.3 Å². The van der Waals surface area contributed by atoms with Crippen molar-refractivity contribution in [3.63, 3.8) is 0 Å². The van der Waals surface area contributed by atoms with Gasteiger partial charge in [0.15, 0.2) is 5.50 Å². The molecule has 2 N–H and O–H groups in total. The zero-order valence-electron chi connectivity index (χ0n) is 12.7. The Hall–Kier alpha value is -1.72. The van der Waals surface area contributed by atoms with Crippen LogP contribution >= 0.6 is 27.7 Å². The number of halogens is 1. The minimum Gasteiger partial charge on any atom is -0.357 e. The second-order valence-electron chi connectivity index (χ2n) is 5.23. The molecule has 1 atom stereocenters. The van der Waals surface area contributed by atoms with Gasteiger partial charge in [0.2, 0.25) is 0 Å². The van der Waals surface area contributed by atoms with Crippen LogP contribution in [0.3, 0.4) is 0 Å². The Morgan fingerprint density at radius 2 is 1.87 bits per heavy atom. The third kappa shape index (κ3) is 4.18. The number of anilines is 1. The van der Waals surface area contributed by atoms with Crippen molar-refractivity contribution in [3.05, 3.63) is 69.0 Å². The molecule has 1 amide bonds. The van der Waals surface area contributed by atoms with Crippen LogP contribution in [0.5, 0.6) is 0 Å². The molecule has 1 aliphatic heterocycles. The van der Waals surface area contributed by atoms with Crippen LogP contribution in [-0.4, -0.2) is 11.4 Å². The van der Waals surface area contributed by atoms with E-state index >= 15 is 0 Å². The first kappa shape index (κ1) is 16.1. The van der Waals surface area contributed by atoms with Crippen LogP contribution in [0.4, 0.5) is 5.69 Å². The maximum absolute atomic E-state index is 12.1. The predicted molar refractivity (Wildman–Crippen MR) is 101 cm³/mol. The summed E-state index contributed by atoms with van der Waals surface area (Å²) < 4.78 is 1.03. The Balaban J connectivity index is 1.67. The summed E-state index contributed by atoms with van der Waals surface area (Å²) in [4.78, 5) is 12.8. The number of benzene rings is 2. The summed E-state index contributed by atoms with van der Waals surface area (Å²) in [6.45, 7) is 2.13. The smallest absolute Gasteiger partial charge is 0.260 e. The van der Waals surface area contributed by atoms with Crippen molar-refractivity contribution in [1.82, 2.24) is 5.32 Å². The summed E-state index contributed by atoms with van der Waals surface area (Å²) >= 11 is 4.91. The molecule has 1 fully saturated rings. The topological polar surface area (TPSA) is 41.1 Å². The largest absolute Gasteiger partial charge is 0.357 e. The molecule has 3 nitrogen and oxygen atoms in total. The second-order valence-corrected chi connectivity index (χ2v) is 7.29. The zero-order valence-corrected chi connectivity index (χ0v) is 15.1. The molecule has 23 heavy (non-hydrogen) atoms. The quantitative estimate of drug-likeness (QED) is 0.751. The fourth-order valence-electron chi connectivity index (χ4n) is 2.26. The molecule has 2 aromatic carbocycles. The average molecular weight is 389 g/mol. The van der Waals surface area contributed by atoms with Gasteiger partial charge in [-0.25, -0.2) is 0 Å². The van der Waals surface area contributed by atoms with Crippen LogP contribution < -0.4 is 10.6 Å². The van der Waals surface area contributed by atoms with Gasteiger partial charge in [-0.15, -0.1) is 0 Å². The van der Waals surface area contributed by atoms with E-state index in [4.69, 9.17) is 0 Å². The van der Waals surface area contributed by atoms with Crippen LogP contribution in [0.2, 0.25) is 0 Å². The maximum Gasteiger partial charge on any atom is 0.260 e. The maximum atomic E-state index is 12.1. The molecule has 0 bridgehead atoms. The fraction of sp³-hybridized carbons (Fsp3) is 0.167. The first-order valence-corrected chi connectivity index (χ1v) is 9.11. The van der Waals surface area contributed by atoms with Crippen molar-refractivity contribution in [2.75, 3.05) is 5.32 Å². The summed E-state index contributed by atoms with van der Waals surface area (Å²) in [5, 5.41) is 6.28. The normalized spacial score (nSPS) is 19.0. The molecule has 5 heteroatoms. The zero-order chi connectivity index (χ0) is 16.2. The molecule has 0 radical (unpaired) electrons. The number of hydrogen-bond acceptors (Lipinski definition) is 3. The van der Waals surface area contributed by atoms with Gasteiger partial charge in [0.05, 0.1) is 4.91 Å². The number of hydrogen-bond donors (Lipinski definition) is 2.